The first-order valence-corrected chi connectivity index (χ1v) is 9.07. The lowest BCUT2D eigenvalue weighted by atomic mass is 9.67. The van der Waals surface area contributed by atoms with Crippen molar-refractivity contribution in [2.75, 3.05) is 20.2 Å². The number of Topliss-reactive ketones (excluding diaryl/α,β-unsaturated/α-hetero) is 1. The van der Waals surface area contributed by atoms with E-state index >= 15 is 0 Å². The number of nitrogens with zero attached hydrogens (tertiary/aromatic N) is 1. The smallest absolute Gasteiger partial charge is 0.179 e. The van der Waals surface area contributed by atoms with Crippen LogP contribution in [0.4, 0.5) is 0 Å². The molecule has 1 aromatic carbocycles. The summed E-state index contributed by atoms with van der Waals surface area (Å²) < 4.78 is 0. The van der Waals surface area contributed by atoms with Gasteiger partial charge in [0.05, 0.1) is 5.69 Å². The Morgan fingerprint density at radius 2 is 2.08 bits per heavy atom. The van der Waals surface area contributed by atoms with E-state index in [1.54, 1.807) is 0 Å². The van der Waals surface area contributed by atoms with Gasteiger partial charge in [0.15, 0.2) is 5.78 Å². The Morgan fingerprint density at radius 3 is 2.83 bits per heavy atom. The van der Waals surface area contributed by atoms with Crippen molar-refractivity contribution in [2.24, 2.45) is 17.8 Å². The topological polar surface area (TPSA) is 56.3 Å². The van der Waals surface area contributed by atoms with E-state index in [1.165, 1.54) is 0 Å². The van der Waals surface area contributed by atoms with E-state index in [1.807, 2.05) is 18.2 Å². The number of hydrogen-bond donors (Lipinski definition) is 2. The summed E-state index contributed by atoms with van der Waals surface area (Å²) in [6, 6.07) is 8.48. The first kappa shape index (κ1) is 15.9. The zero-order chi connectivity index (χ0) is 16.8. The fraction of sp³-hybridized carbons (Fsp3) is 0.550. The molecule has 1 fully saturated rings. The molecule has 2 aliphatic rings. The number of fused-ring (bicyclic) bond motifs is 5. The highest BCUT2D eigenvalue weighted by molar-refractivity contribution is 6.02. The summed E-state index contributed by atoms with van der Waals surface area (Å²) in [5.74, 6) is 1.16. The molecule has 4 nitrogen and oxygen atoms in total. The molecule has 24 heavy (non-hydrogen) atoms. The molecular weight excluding hydrogens is 300 g/mol. The molecular formula is C20H26N2O2. The number of aliphatic hydroxyl groups is 1. The number of ketones is 1. The molecule has 4 unspecified atom stereocenters. The van der Waals surface area contributed by atoms with E-state index in [2.05, 4.69) is 29.9 Å². The Labute approximate surface area is 142 Å². The number of piperidine rings is 1. The predicted molar refractivity (Wildman–Crippen MR) is 95.2 cm³/mol. The van der Waals surface area contributed by atoms with E-state index in [0.29, 0.717) is 18.4 Å². The van der Waals surface area contributed by atoms with Crippen LogP contribution in [0.5, 0.6) is 0 Å². The second kappa shape index (κ2) is 6.01. The SMILES string of the molecule is CCC1CN(C)C2Cc3c([nH]c4ccccc34)C(=O)CC1C2CO. The molecule has 1 aromatic heterocycles. The van der Waals surface area contributed by atoms with E-state index in [4.69, 9.17) is 0 Å². The normalized spacial score (nSPS) is 30.9. The number of carbonyl (C=O) groups excluding carboxylic acids is 1. The van der Waals surface area contributed by atoms with Gasteiger partial charge in [0.25, 0.3) is 0 Å². The van der Waals surface area contributed by atoms with Crippen LogP contribution in [-0.2, 0) is 6.42 Å². The number of hydrogen-bond acceptors (Lipinski definition) is 3. The first-order chi connectivity index (χ1) is 11.6. The summed E-state index contributed by atoms with van der Waals surface area (Å²) in [5, 5.41) is 11.3. The number of aromatic nitrogens is 1. The number of H-pyrrole nitrogens is 1. The molecule has 4 heteroatoms. The molecule has 1 saturated heterocycles. The lowest BCUT2D eigenvalue weighted by Gasteiger charge is -2.48. The Hall–Kier alpha value is -1.65. The molecule has 0 saturated carbocycles. The lowest BCUT2D eigenvalue weighted by Crippen LogP contribution is -2.55. The molecule has 0 amide bonds. The predicted octanol–water partition coefficient (Wildman–Crippen LogP) is 2.86. The van der Waals surface area contributed by atoms with Crippen molar-refractivity contribution < 1.29 is 9.90 Å². The van der Waals surface area contributed by atoms with Gasteiger partial charge in [-0.2, -0.15) is 0 Å². The van der Waals surface area contributed by atoms with Crippen molar-refractivity contribution in [3.8, 4) is 0 Å². The summed E-state index contributed by atoms with van der Waals surface area (Å²) in [4.78, 5) is 18.8. The number of carbonyl (C=O) groups is 1. The zero-order valence-electron chi connectivity index (χ0n) is 14.5. The molecule has 1 aliphatic heterocycles. The van der Waals surface area contributed by atoms with Crippen LogP contribution < -0.4 is 0 Å². The first-order valence-electron chi connectivity index (χ1n) is 9.07. The van der Waals surface area contributed by atoms with Crippen molar-refractivity contribution in [3.63, 3.8) is 0 Å². The van der Waals surface area contributed by atoms with Gasteiger partial charge in [-0.1, -0.05) is 31.5 Å². The molecule has 128 valence electrons. The van der Waals surface area contributed by atoms with Crippen LogP contribution in [0.25, 0.3) is 10.9 Å². The minimum atomic E-state index is 0.168. The van der Waals surface area contributed by atoms with E-state index < -0.39 is 0 Å². The summed E-state index contributed by atoms with van der Waals surface area (Å²) >= 11 is 0. The lowest BCUT2D eigenvalue weighted by molar-refractivity contribution is -0.0133. The Bertz CT molecular complexity index is 766. The van der Waals surface area contributed by atoms with Crippen LogP contribution >= 0.6 is 0 Å². The van der Waals surface area contributed by atoms with Gasteiger partial charge in [-0.3, -0.25) is 4.79 Å². The zero-order valence-corrected chi connectivity index (χ0v) is 14.5. The highest BCUT2D eigenvalue weighted by Crippen LogP contribution is 2.41. The maximum absolute atomic E-state index is 13.0. The van der Waals surface area contributed by atoms with Crippen molar-refractivity contribution in [1.82, 2.24) is 9.88 Å². The van der Waals surface area contributed by atoms with E-state index in [0.717, 1.165) is 41.5 Å². The summed E-state index contributed by atoms with van der Waals surface area (Å²) in [7, 11) is 2.17. The highest BCUT2D eigenvalue weighted by atomic mass is 16.3. The number of likely N-dealkylation sites (tertiary alicyclic amines) is 1. The van der Waals surface area contributed by atoms with Crippen molar-refractivity contribution in [3.05, 3.63) is 35.5 Å². The molecule has 4 atom stereocenters. The van der Waals surface area contributed by atoms with Crippen LogP contribution in [0.3, 0.4) is 0 Å². The second-order valence-corrected chi connectivity index (χ2v) is 7.54. The number of benzene rings is 1. The molecule has 0 radical (unpaired) electrons. The maximum atomic E-state index is 13.0. The van der Waals surface area contributed by atoms with E-state index in [9.17, 15) is 9.90 Å². The van der Waals surface area contributed by atoms with Gasteiger partial charge >= 0.3 is 0 Å². The molecule has 2 aromatic rings. The third-order valence-corrected chi connectivity index (χ3v) is 6.40. The average Bonchev–Trinajstić information content (AvgIpc) is 2.95. The van der Waals surface area contributed by atoms with Crippen LogP contribution in [0.15, 0.2) is 24.3 Å². The molecule has 1 aliphatic carbocycles. The van der Waals surface area contributed by atoms with Gasteiger partial charge in [-0.05, 0) is 36.9 Å². The van der Waals surface area contributed by atoms with Gasteiger partial charge in [0, 0.05) is 42.4 Å². The minimum absolute atomic E-state index is 0.168. The standard InChI is InChI=1S/C20H26N2O2/c1-3-12-10-22(2)18-8-15-13-6-4-5-7-17(13)21-20(15)19(24)9-14(12)16(18)11-23/h4-7,12,14,16,18,21,23H,3,8-11H2,1-2H3. The van der Waals surface area contributed by atoms with Gasteiger partial charge in [-0.25, -0.2) is 0 Å². The highest BCUT2D eigenvalue weighted by Gasteiger charge is 2.44. The van der Waals surface area contributed by atoms with Crippen LogP contribution in [0.2, 0.25) is 0 Å². The quantitative estimate of drug-likeness (QED) is 0.892. The number of para-hydroxylation sites is 1. The van der Waals surface area contributed by atoms with Crippen LogP contribution in [-0.4, -0.2) is 47.0 Å². The number of likely N-dealkylation sites (N-methyl/N-ethyl adjacent to an activating group) is 1. The largest absolute Gasteiger partial charge is 0.396 e. The Morgan fingerprint density at radius 1 is 1.29 bits per heavy atom. The third kappa shape index (κ3) is 2.32. The fourth-order valence-corrected chi connectivity index (χ4v) is 5.09. The molecule has 4 rings (SSSR count). The minimum Gasteiger partial charge on any atom is -0.396 e. The average molecular weight is 326 g/mol. The fourth-order valence-electron chi connectivity index (χ4n) is 5.09. The van der Waals surface area contributed by atoms with E-state index in [-0.39, 0.29) is 24.2 Å². The van der Waals surface area contributed by atoms with Crippen LogP contribution in [0.1, 0.15) is 35.8 Å². The maximum Gasteiger partial charge on any atom is 0.179 e. The van der Waals surface area contributed by atoms with Crippen molar-refractivity contribution in [1.29, 1.82) is 0 Å². The Balaban J connectivity index is 1.86. The molecule has 0 spiro atoms. The van der Waals surface area contributed by atoms with Crippen molar-refractivity contribution >= 4 is 16.7 Å². The van der Waals surface area contributed by atoms with Gasteiger partial charge in [-0.15, -0.1) is 0 Å². The summed E-state index contributed by atoms with van der Waals surface area (Å²) in [5.41, 5.74) is 2.98. The molecule has 2 bridgehead atoms. The second-order valence-electron chi connectivity index (χ2n) is 7.54. The monoisotopic (exact) mass is 326 g/mol. The van der Waals surface area contributed by atoms with Gasteiger partial charge in [0.2, 0.25) is 0 Å². The third-order valence-electron chi connectivity index (χ3n) is 6.40. The number of rotatable bonds is 2. The molecule has 2 N–H and O–H groups in total. The summed E-state index contributed by atoms with van der Waals surface area (Å²) in [6.07, 6.45) is 2.44. The van der Waals surface area contributed by atoms with Gasteiger partial charge in [0.1, 0.15) is 0 Å². The van der Waals surface area contributed by atoms with Crippen molar-refractivity contribution in [2.45, 2.75) is 32.2 Å². The molecule has 2 heterocycles. The van der Waals surface area contributed by atoms with Crippen LogP contribution in [0, 0.1) is 17.8 Å². The van der Waals surface area contributed by atoms with Gasteiger partial charge < -0.3 is 15.0 Å². The number of aromatic amines is 1. The summed E-state index contributed by atoms with van der Waals surface area (Å²) in [6.45, 7) is 3.39. The Kier molecular flexibility index (Phi) is 3.97. The number of aliphatic hydroxyl groups excluding tert-OH is 1. The number of nitrogens with one attached hydrogen (secondary N) is 1.